The van der Waals surface area contributed by atoms with Crippen LogP contribution in [-0.2, 0) is 0 Å². The van der Waals surface area contributed by atoms with Gasteiger partial charge >= 0.3 is 0 Å². The maximum absolute atomic E-state index is 11.7. The third-order valence-corrected chi connectivity index (χ3v) is 16.7. The van der Waals surface area contributed by atoms with E-state index in [1.807, 2.05) is 152 Å². The number of aromatic nitrogens is 4. The van der Waals surface area contributed by atoms with Gasteiger partial charge in [0.05, 0.1) is 150 Å². The molecule has 0 aliphatic carbocycles. The van der Waals surface area contributed by atoms with Gasteiger partial charge in [0.25, 0.3) is 0 Å². The number of benzene rings is 11. The maximum Gasteiger partial charge on any atom is 0.160 e. The number of fused-ring (bicyclic) bond motifs is 6. The van der Waals surface area contributed by atoms with Gasteiger partial charge in [-0.3, -0.25) is 0 Å². The summed E-state index contributed by atoms with van der Waals surface area (Å²) in [5.41, 5.74) is 15.2. The second-order valence-electron chi connectivity index (χ2n) is 21.7. The van der Waals surface area contributed by atoms with E-state index < -0.39 is 0 Å². The molecule has 11 aromatic carbocycles. The summed E-state index contributed by atoms with van der Waals surface area (Å²) in [4.78, 5) is 10.4. The molecule has 14 aromatic rings. The van der Waals surface area contributed by atoms with Crippen molar-refractivity contribution in [2.75, 3.05) is 0 Å². The highest BCUT2D eigenvalue weighted by Gasteiger charge is 2.26. The molecule has 3 aromatic heterocycles. The van der Waals surface area contributed by atoms with Crippen LogP contribution >= 0.6 is 0 Å². The van der Waals surface area contributed by atoms with E-state index in [9.17, 15) is 47.4 Å². The van der Waals surface area contributed by atoms with Crippen LogP contribution < -0.4 is 0 Å². The molecule has 0 saturated heterocycles. The fourth-order valence-corrected chi connectivity index (χ4v) is 12.4. The lowest BCUT2D eigenvalue weighted by Crippen LogP contribution is -2.06. The quantitative estimate of drug-likeness (QED) is 0.131. The molecule has 0 aliphatic heterocycles. The van der Waals surface area contributed by atoms with Gasteiger partial charge in [0.2, 0.25) is 0 Å². The molecule has 92 heavy (non-hydrogen) atoms. The normalized spacial score (nSPS) is 10.7. The smallest absolute Gasteiger partial charge is 0.160 e. The van der Waals surface area contributed by atoms with E-state index in [-0.39, 0.29) is 5.56 Å². The van der Waals surface area contributed by atoms with Gasteiger partial charge in [-0.25, -0.2) is 9.97 Å². The first-order valence-corrected chi connectivity index (χ1v) is 28.7. The van der Waals surface area contributed by atoms with E-state index in [0.29, 0.717) is 145 Å². The Morgan fingerprint density at radius 1 is 0.239 bits per heavy atom. The predicted molar refractivity (Wildman–Crippen MR) is 351 cm³/mol. The highest BCUT2D eigenvalue weighted by molar-refractivity contribution is 6.14. The van der Waals surface area contributed by atoms with Gasteiger partial charge in [-0.05, 0) is 160 Å². The zero-order valence-electron chi connectivity index (χ0n) is 48.2. The van der Waals surface area contributed by atoms with Crippen LogP contribution in [0, 0.1) is 102 Å². The average Bonchev–Trinajstić information content (AvgIpc) is 1.55. The highest BCUT2D eigenvalue weighted by Crippen LogP contribution is 2.45. The van der Waals surface area contributed by atoms with E-state index in [4.69, 9.17) is 9.97 Å². The van der Waals surface area contributed by atoms with E-state index in [0.717, 1.165) is 32.7 Å². The predicted octanol–water partition coefficient (Wildman–Crippen LogP) is 17.2. The van der Waals surface area contributed by atoms with Gasteiger partial charge in [-0.1, -0.05) is 109 Å². The van der Waals surface area contributed by atoms with Gasteiger partial charge in [0.1, 0.15) is 0 Å². The lowest BCUT2D eigenvalue weighted by molar-refractivity contribution is 1.09. The largest absolute Gasteiger partial charge is 0.307 e. The summed E-state index contributed by atoms with van der Waals surface area (Å²) in [5.74, 6) is 0.435. The Balaban J connectivity index is 1.13. The molecule has 0 saturated carbocycles. The molecule has 13 heteroatoms. The highest BCUT2D eigenvalue weighted by atomic mass is 15.1. The number of hydrogen-bond acceptors (Lipinski definition) is 11. The molecular formula is C79H37N13. The molecule has 0 spiro atoms. The van der Waals surface area contributed by atoms with Crippen molar-refractivity contribution in [1.29, 1.82) is 47.4 Å². The summed E-state index contributed by atoms with van der Waals surface area (Å²) in [7, 11) is 0. The first-order chi connectivity index (χ1) is 45.2. The Hall–Kier alpha value is -14.5. The first-order valence-electron chi connectivity index (χ1n) is 28.7. The molecule has 14 rings (SSSR count). The molecule has 0 N–H and O–H groups in total. The van der Waals surface area contributed by atoms with Crippen molar-refractivity contribution in [2.45, 2.75) is 0 Å². The van der Waals surface area contributed by atoms with Crippen LogP contribution in [0.15, 0.2) is 224 Å². The van der Waals surface area contributed by atoms with Crippen molar-refractivity contribution < 1.29 is 0 Å². The van der Waals surface area contributed by atoms with E-state index >= 15 is 0 Å². The second kappa shape index (κ2) is 22.7. The van der Waals surface area contributed by atoms with Crippen LogP contribution in [0.5, 0.6) is 0 Å². The molecular weight excluding hydrogens is 1130 g/mol. The van der Waals surface area contributed by atoms with Crippen molar-refractivity contribution in [3.05, 3.63) is 275 Å². The summed E-state index contributed by atoms with van der Waals surface area (Å²) in [6, 6.07) is 89.1. The minimum absolute atomic E-state index is 0.274. The van der Waals surface area contributed by atoms with Crippen LogP contribution in [0.3, 0.4) is 0 Å². The molecule has 0 fully saturated rings. The Kier molecular flexibility index (Phi) is 13.7. The van der Waals surface area contributed by atoms with Crippen LogP contribution in [0.2, 0.25) is 0 Å². The van der Waals surface area contributed by atoms with Crippen molar-refractivity contribution in [3.8, 4) is 144 Å². The van der Waals surface area contributed by atoms with Gasteiger partial charge in [0, 0.05) is 38.2 Å². The van der Waals surface area contributed by atoms with E-state index in [2.05, 4.69) is 63.8 Å². The number of hydrogen-bond donors (Lipinski definition) is 0. The zero-order chi connectivity index (χ0) is 63.1. The third kappa shape index (κ3) is 9.37. The van der Waals surface area contributed by atoms with Crippen molar-refractivity contribution in [1.82, 2.24) is 19.1 Å². The fraction of sp³-hybridized carbons (Fsp3) is 0. The summed E-state index contributed by atoms with van der Waals surface area (Å²) < 4.78 is 4.24. The molecule has 0 unspecified atom stereocenters. The topological polar surface area (TPSA) is 250 Å². The zero-order valence-corrected chi connectivity index (χ0v) is 48.2. The molecule has 0 bridgehead atoms. The van der Waals surface area contributed by atoms with E-state index in [1.54, 1.807) is 72.8 Å². The van der Waals surface area contributed by atoms with Crippen molar-refractivity contribution in [2.24, 2.45) is 0 Å². The minimum atomic E-state index is 0.274. The molecule has 0 amide bonds. The Morgan fingerprint density at radius 2 is 0.554 bits per heavy atom. The van der Waals surface area contributed by atoms with Crippen LogP contribution in [0.4, 0.5) is 0 Å². The molecule has 0 atom stereocenters. The first kappa shape index (κ1) is 55.4. The summed E-state index contributed by atoms with van der Waals surface area (Å²) in [6.07, 6.45) is 0. The van der Waals surface area contributed by atoms with Gasteiger partial charge in [0.15, 0.2) is 5.82 Å². The average molecular weight is 1170 g/mol. The summed E-state index contributed by atoms with van der Waals surface area (Å²) in [6.45, 7) is 0. The van der Waals surface area contributed by atoms with Gasteiger partial charge in [-0.15, -0.1) is 0 Å². The number of nitrogens with zero attached hydrogens (tertiary/aromatic N) is 13. The van der Waals surface area contributed by atoms with Crippen LogP contribution in [0.1, 0.15) is 50.1 Å². The SMILES string of the molecule is N#Cc1ccc(-c2ccc3c(c2)c2cc(-c4ccc(C#N)cc4C#N)ccc2n3-c2cc(C#N)c(-c3cc(-c4ccccc4)nc(-c4ccccc4)n3)cc2-n2c3ccc(-c4ccc(C#N)cc4C#N)cc3c3cc(-c4ccc(C#N)cc4C#N)ccc32)c(C#N)c1. The monoisotopic (exact) mass is 1170 g/mol. The Morgan fingerprint density at radius 3 is 0.891 bits per heavy atom. The Bertz CT molecular complexity index is 5620. The van der Waals surface area contributed by atoms with Gasteiger partial charge < -0.3 is 9.13 Å². The second-order valence-corrected chi connectivity index (χ2v) is 21.7. The van der Waals surface area contributed by atoms with Gasteiger partial charge in [-0.2, -0.15) is 47.4 Å². The van der Waals surface area contributed by atoms with Crippen LogP contribution in [0.25, 0.3) is 133 Å². The minimum Gasteiger partial charge on any atom is -0.307 e. The molecule has 418 valence electrons. The standard InChI is InChI=1S/C79H37N13/c80-38-47-11-19-62(57(27-47)42-84)53-15-23-73-67(31-53)68-32-54(63-20-12-48(39-81)28-58(63)43-85)16-24-74(68)91(73)77-35-61(46-88)66(72-37-71(51-7-3-1-4-8-51)89-79(90-72)52-9-5-2-6-10-52)36-78(77)92-75-25-17-55(64-21-13-49(40-82)29-59(64)44-86)33-69(75)70-34-56(18-26-76(70)92)65-22-14-50(41-83)30-60(65)45-87/h1-37H. The van der Waals surface area contributed by atoms with Crippen molar-refractivity contribution >= 4 is 43.6 Å². The summed E-state index contributed by atoms with van der Waals surface area (Å²) in [5, 5.41) is 96.2. The number of nitriles is 9. The molecule has 0 aliphatic rings. The molecule has 0 radical (unpaired) electrons. The maximum atomic E-state index is 11.7. The molecule has 3 heterocycles. The summed E-state index contributed by atoms with van der Waals surface area (Å²) >= 11 is 0. The van der Waals surface area contributed by atoms with Crippen molar-refractivity contribution in [3.63, 3.8) is 0 Å². The lowest BCUT2D eigenvalue weighted by Gasteiger charge is -2.20. The third-order valence-electron chi connectivity index (χ3n) is 16.7. The molecule has 13 nitrogen and oxygen atoms in total. The van der Waals surface area contributed by atoms with Crippen LogP contribution in [-0.4, -0.2) is 19.1 Å². The Labute approximate surface area is 526 Å². The number of rotatable bonds is 9. The van der Waals surface area contributed by atoms with E-state index in [1.165, 1.54) is 0 Å². The lowest BCUT2D eigenvalue weighted by atomic mass is 9.95. The fourth-order valence-electron chi connectivity index (χ4n) is 12.4.